The molecule has 0 aliphatic carbocycles. The average Bonchev–Trinajstić information content (AvgIpc) is 2.15. The Labute approximate surface area is 102 Å². The number of nitrogens with two attached hydrogens (primary N) is 1. The summed E-state index contributed by atoms with van der Waals surface area (Å²) in [6.07, 6.45) is 0. The molecule has 0 spiro atoms. The van der Waals surface area contributed by atoms with Crippen molar-refractivity contribution in [3.05, 3.63) is 23.8 Å². The smallest absolute Gasteiger partial charge is 0.101 e. The Bertz CT molecular complexity index is 453. The van der Waals surface area contributed by atoms with E-state index in [1.165, 1.54) is 0 Å². The molecule has 1 aromatic carbocycles. The first kappa shape index (κ1) is 13.3. The zero-order chi connectivity index (χ0) is 13.3. The Morgan fingerprint density at radius 2 is 1.88 bits per heavy atom. The fraction of sp³-hybridized carbons (Fsp3) is 0.462. The number of benzene rings is 1. The quantitative estimate of drug-likeness (QED) is 0.698. The molecule has 0 unspecified atom stereocenters. The van der Waals surface area contributed by atoms with Crippen LogP contribution in [0.1, 0.15) is 33.3 Å². The molecular weight excluding hydrogens is 214 g/mol. The lowest BCUT2D eigenvalue weighted by atomic mass is 9.85. The summed E-state index contributed by atoms with van der Waals surface area (Å²) in [7, 11) is 0. The summed E-state index contributed by atoms with van der Waals surface area (Å²) >= 11 is 0. The second kappa shape index (κ2) is 4.27. The van der Waals surface area contributed by atoms with Gasteiger partial charge in [-0.1, -0.05) is 0 Å². The van der Waals surface area contributed by atoms with E-state index >= 15 is 0 Å². The van der Waals surface area contributed by atoms with Crippen LogP contribution in [0.3, 0.4) is 0 Å². The van der Waals surface area contributed by atoms with Crippen molar-refractivity contribution >= 4 is 11.4 Å². The van der Waals surface area contributed by atoms with Gasteiger partial charge in [0, 0.05) is 5.69 Å². The van der Waals surface area contributed by atoms with Gasteiger partial charge in [0.05, 0.1) is 22.4 Å². The van der Waals surface area contributed by atoms with Gasteiger partial charge in [0.1, 0.15) is 6.07 Å². The van der Waals surface area contributed by atoms with Gasteiger partial charge in [-0.05, 0) is 45.9 Å². The number of nitriles is 1. The molecule has 0 aromatic heterocycles. The van der Waals surface area contributed by atoms with Gasteiger partial charge in [-0.3, -0.25) is 0 Å². The summed E-state index contributed by atoms with van der Waals surface area (Å²) < 4.78 is 0. The van der Waals surface area contributed by atoms with Gasteiger partial charge in [-0.2, -0.15) is 5.26 Å². The van der Waals surface area contributed by atoms with Crippen LogP contribution < -0.4 is 11.1 Å². The lowest BCUT2D eigenvalue weighted by Crippen LogP contribution is -2.51. The molecule has 0 fully saturated rings. The van der Waals surface area contributed by atoms with Gasteiger partial charge in [-0.25, -0.2) is 0 Å². The molecule has 0 atom stereocenters. The summed E-state index contributed by atoms with van der Waals surface area (Å²) in [5, 5.41) is 22.0. The van der Waals surface area contributed by atoms with E-state index in [1.54, 1.807) is 32.0 Å². The fourth-order valence-corrected chi connectivity index (χ4v) is 1.26. The van der Waals surface area contributed by atoms with E-state index in [1.807, 2.05) is 19.9 Å². The number of anilines is 2. The number of rotatable bonds is 3. The van der Waals surface area contributed by atoms with E-state index < -0.39 is 11.1 Å². The van der Waals surface area contributed by atoms with Crippen LogP contribution in [0, 0.1) is 11.3 Å². The molecule has 92 valence electrons. The number of nitrogen functional groups attached to an aromatic ring is 1. The molecule has 0 saturated carbocycles. The topological polar surface area (TPSA) is 82.1 Å². The Kier molecular flexibility index (Phi) is 3.35. The number of aliphatic hydroxyl groups is 1. The van der Waals surface area contributed by atoms with Crippen LogP contribution in [-0.4, -0.2) is 16.2 Å². The average molecular weight is 233 g/mol. The van der Waals surface area contributed by atoms with E-state index in [4.69, 9.17) is 11.0 Å². The van der Waals surface area contributed by atoms with Crippen LogP contribution in [0.25, 0.3) is 0 Å². The van der Waals surface area contributed by atoms with E-state index in [0.29, 0.717) is 11.3 Å². The number of nitrogens with zero attached hydrogens (tertiary/aromatic N) is 1. The molecule has 0 aliphatic rings. The van der Waals surface area contributed by atoms with E-state index in [2.05, 4.69) is 5.32 Å². The number of nitrogens with one attached hydrogen (secondary N) is 1. The van der Waals surface area contributed by atoms with Gasteiger partial charge < -0.3 is 16.2 Å². The number of hydrogen-bond donors (Lipinski definition) is 3. The predicted octanol–water partition coefficient (Wildman–Crippen LogP) is 2.10. The first-order valence-corrected chi connectivity index (χ1v) is 5.47. The molecule has 0 heterocycles. The summed E-state index contributed by atoms with van der Waals surface area (Å²) in [6, 6.07) is 7.16. The minimum absolute atomic E-state index is 0.434. The maximum atomic E-state index is 10.0. The molecule has 0 saturated heterocycles. The third-order valence-corrected chi connectivity index (χ3v) is 3.16. The van der Waals surface area contributed by atoms with Crippen LogP contribution in [0.15, 0.2) is 18.2 Å². The van der Waals surface area contributed by atoms with Crippen LogP contribution in [0.2, 0.25) is 0 Å². The third kappa shape index (κ3) is 2.89. The van der Waals surface area contributed by atoms with Crippen molar-refractivity contribution in [1.82, 2.24) is 0 Å². The summed E-state index contributed by atoms with van der Waals surface area (Å²) in [4.78, 5) is 0. The molecule has 0 radical (unpaired) electrons. The highest BCUT2D eigenvalue weighted by atomic mass is 16.3. The third-order valence-electron chi connectivity index (χ3n) is 3.16. The van der Waals surface area contributed by atoms with Crippen molar-refractivity contribution in [2.24, 2.45) is 0 Å². The predicted molar refractivity (Wildman–Crippen MR) is 69.6 cm³/mol. The largest absolute Gasteiger partial charge is 0.398 e. The molecule has 17 heavy (non-hydrogen) atoms. The molecule has 0 aliphatic heterocycles. The molecule has 4 heteroatoms. The normalized spacial score (nSPS) is 12.0. The second-order valence-corrected chi connectivity index (χ2v) is 5.22. The maximum absolute atomic E-state index is 10.0. The minimum atomic E-state index is -0.879. The zero-order valence-corrected chi connectivity index (χ0v) is 10.7. The Morgan fingerprint density at radius 3 is 2.29 bits per heavy atom. The second-order valence-electron chi connectivity index (χ2n) is 5.22. The first-order valence-electron chi connectivity index (χ1n) is 5.47. The molecule has 4 nitrogen and oxygen atoms in total. The van der Waals surface area contributed by atoms with Crippen molar-refractivity contribution in [3.8, 4) is 6.07 Å². The molecular formula is C13H19N3O. The standard InChI is InChI=1S/C13H19N3O/c1-12(2,13(3,4)17)16-10-6-5-9(8-14)11(15)7-10/h5-7,16-17H,15H2,1-4H3. The highest BCUT2D eigenvalue weighted by Crippen LogP contribution is 2.27. The maximum Gasteiger partial charge on any atom is 0.101 e. The Balaban J connectivity index is 2.98. The fourth-order valence-electron chi connectivity index (χ4n) is 1.26. The summed E-state index contributed by atoms with van der Waals surface area (Å²) in [6.45, 7) is 7.29. The van der Waals surface area contributed by atoms with E-state index in [-0.39, 0.29) is 0 Å². The lowest BCUT2D eigenvalue weighted by Gasteiger charge is -2.39. The van der Waals surface area contributed by atoms with Crippen LogP contribution >= 0.6 is 0 Å². The van der Waals surface area contributed by atoms with Gasteiger partial charge in [-0.15, -0.1) is 0 Å². The van der Waals surface area contributed by atoms with Gasteiger partial charge >= 0.3 is 0 Å². The van der Waals surface area contributed by atoms with Crippen LogP contribution in [-0.2, 0) is 0 Å². The van der Waals surface area contributed by atoms with Crippen LogP contribution in [0.4, 0.5) is 11.4 Å². The first-order chi connectivity index (χ1) is 7.67. The van der Waals surface area contributed by atoms with Gasteiger partial charge in [0.15, 0.2) is 0 Å². The van der Waals surface area contributed by atoms with Gasteiger partial charge in [0.25, 0.3) is 0 Å². The SMILES string of the molecule is CC(C)(O)C(C)(C)Nc1ccc(C#N)c(N)c1. The van der Waals surface area contributed by atoms with Gasteiger partial charge in [0.2, 0.25) is 0 Å². The highest BCUT2D eigenvalue weighted by molar-refractivity contribution is 5.63. The molecule has 1 aromatic rings. The van der Waals surface area contributed by atoms with Crippen molar-refractivity contribution in [2.75, 3.05) is 11.1 Å². The van der Waals surface area contributed by atoms with Crippen LogP contribution in [0.5, 0.6) is 0 Å². The van der Waals surface area contributed by atoms with Crippen molar-refractivity contribution < 1.29 is 5.11 Å². The molecule has 0 amide bonds. The number of hydrogen-bond acceptors (Lipinski definition) is 4. The molecule has 4 N–H and O–H groups in total. The molecule has 1 rings (SSSR count). The summed E-state index contributed by atoms with van der Waals surface area (Å²) in [5.41, 5.74) is 6.02. The lowest BCUT2D eigenvalue weighted by molar-refractivity contribution is 0.0240. The van der Waals surface area contributed by atoms with Crippen molar-refractivity contribution in [1.29, 1.82) is 5.26 Å². The molecule has 0 bridgehead atoms. The zero-order valence-electron chi connectivity index (χ0n) is 10.7. The monoisotopic (exact) mass is 233 g/mol. The van der Waals surface area contributed by atoms with Crippen molar-refractivity contribution in [3.63, 3.8) is 0 Å². The Hall–Kier alpha value is -1.73. The minimum Gasteiger partial charge on any atom is -0.398 e. The van der Waals surface area contributed by atoms with Crippen molar-refractivity contribution in [2.45, 2.75) is 38.8 Å². The summed E-state index contributed by atoms with van der Waals surface area (Å²) in [5.74, 6) is 0. The Morgan fingerprint density at radius 1 is 1.29 bits per heavy atom. The van der Waals surface area contributed by atoms with E-state index in [0.717, 1.165) is 5.69 Å². The highest BCUT2D eigenvalue weighted by Gasteiger charge is 2.34. The van der Waals surface area contributed by atoms with E-state index in [9.17, 15) is 5.11 Å².